The molecule has 0 aliphatic heterocycles. The molecule has 0 bridgehead atoms. The van der Waals surface area contributed by atoms with Crippen LogP contribution in [0.5, 0.6) is 0 Å². The van der Waals surface area contributed by atoms with Crippen molar-refractivity contribution in [2.24, 2.45) is 10.8 Å². The van der Waals surface area contributed by atoms with Crippen LogP contribution in [0.25, 0.3) is 0 Å². The molecule has 1 rings (SSSR count). The molecule has 1 aliphatic rings. The molecule has 0 aromatic heterocycles. The number of carboxylic acids is 1. The van der Waals surface area contributed by atoms with Crippen molar-refractivity contribution in [1.82, 2.24) is 0 Å². The summed E-state index contributed by atoms with van der Waals surface area (Å²) in [6.07, 6.45) is 15.7. The van der Waals surface area contributed by atoms with Gasteiger partial charge >= 0.3 is 5.97 Å². The third kappa shape index (κ3) is 7.33. The topological polar surface area (TPSA) is 37.3 Å². The van der Waals surface area contributed by atoms with Crippen LogP contribution in [0.15, 0.2) is 0 Å². The van der Waals surface area contributed by atoms with E-state index in [9.17, 15) is 9.90 Å². The van der Waals surface area contributed by atoms with E-state index in [1.54, 1.807) is 0 Å². The van der Waals surface area contributed by atoms with Gasteiger partial charge in [-0.05, 0) is 31.6 Å². The first-order valence-electron chi connectivity index (χ1n) is 9.09. The summed E-state index contributed by atoms with van der Waals surface area (Å²) in [5.41, 5.74) is -0.392. The zero-order chi connectivity index (χ0) is 15.8. The van der Waals surface area contributed by atoms with E-state index >= 15 is 0 Å². The van der Waals surface area contributed by atoms with Crippen LogP contribution in [0.3, 0.4) is 0 Å². The molecule has 0 aromatic carbocycles. The van der Waals surface area contributed by atoms with E-state index in [4.69, 9.17) is 0 Å². The zero-order valence-electron chi connectivity index (χ0n) is 14.5. The van der Waals surface area contributed by atoms with Gasteiger partial charge in [-0.15, -0.1) is 0 Å². The molecular formula is C19H36O2. The lowest BCUT2D eigenvalue weighted by Gasteiger charge is -2.35. The molecule has 0 aromatic rings. The van der Waals surface area contributed by atoms with Crippen LogP contribution < -0.4 is 0 Å². The van der Waals surface area contributed by atoms with Crippen molar-refractivity contribution in [2.45, 2.75) is 104 Å². The van der Waals surface area contributed by atoms with Crippen molar-refractivity contribution in [1.29, 1.82) is 0 Å². The molecule has 0 radical (unpaired) electrons. The minimum Gasteiger partial charge on any atom is -0.481 e. The quantitative estimate of drug-likeness (QED) is 0.626. The molecule has 21 heavy (non-hydrogen) atoms. The molecule has 0 amide bonds. The molecular weight excluding hydrogens is 260 g/mol. The second-order valence-electron chi connectivity index (χ2n) is 8.24. The highest BCUT2D eigenvalue weighted by Crippen LogP contribution is 2.41. The van der Waals surface area contributed by atoms with Crippen LogP contribution in [0.2, 0.25) is 0 Å². The number of hydrogen-bond acceptors (Lipinski definition) is 1. The van der Waals surface area contributed by atoms with Gasteiger partial charge in [0.05, 0.1) is 5.41 Å². The molecule has 0 heterocycles. The van der Waals surface area contributed by atoms with Gasteiger partial charge in [0, 0.05) is 0 Å². The Labute approximate surface area is 131 Å². The molecule has 1 unspecified atom stereocenters. The lowest BCUT2D eigenvalue weighted by molar-refractivity contribution is -0.150. The number of carboxylic acid groups (broad SMARTS) is 1. The number of hydrogen-bond donors (Lipinski definition) is 1. The summed E-state index contributed by atoms with van der Waals surface area (Å²) >= 11 is 0. The lowest BCUT2D eigenvalue weighted by atomic mass is 9.69. The minimum atomic E-state index is -0.597. The molecule has 0 spiro atoms. The standard InChI is InChI=1S/C19H36O2/c1-18(2)14-12-10-8-6-4-5-7-9-11-13-15-19(3,16-18)17(20)21/h4-16H2,1-3H3,(H,20,21). The van der Waals surface area contributed by atoms with E-state index < -0.39 is 11.4 Å². The summed E-state index contributed by atoms with van der Waals surface area (Å²) in [6, 6.07) is 0. The maximum absolute atomic E-state index is 11.8. The maximum Gasteiger partial charge on any atom is 0.309 e. The predicted octanol–water partition coefficient (Wildman–Crippen LogP) is 6.19. The van der Waals surface area contributed by atoms with Crippen molar-refractivity contribution < 1.29 is 9.90 Å². The van der Waals surface area contributed by atoms with E-state index in [2.05, 4.69) is 13.8 Å². The normalized spacial score (nSPS) is 30.0. The second kappa shape index (κ2) is 8.80. The third-order valence-corrected chi connectivity index (χ3v) is 5.22. The number of aliphatic carboxylic acids is 1. The third-order valence-electron chi connectivity index (χ3n) is 5.22. The summed E-state index contributed by atoms with van der Waals surface area (Å²) in [5, 5.41) is 9.68. The van der Waals surface area contributed by atoms with Crippen LogP contribution in [-0.2, 0) is 4.79 Å². The van der Waals surface area contributed by atoms with E-state index in [1.807, 2.05) is 6.92 Å². The first kappa shape index (κ1) is 18.5. The highest BCUT2D eigenvalue weighted by atomic mass is 16.4. The van der Waals surface area contributed by atoms with E-state index in [-0.39, 0.29) is 5.41 Å². The Hall–Kier alpha value is -0.530. The molecule has 1 atom stereocenters. The van der Waals surface area contributed by atoms with Crippen molar-refractivity contribution in [3.05, 3.63) is 0 Å². The van der Waals surface area contributed by atoms with E-state index in [0.29, 0.717) is 0 Å². The Kier molecular flexibility index (Phi) is 7.76. The molecule has 1 aliphatic carbocycles. The lowest BCUT2D eigenvalue weighted by Crippen LogP contribution is -2.33. The fourth-order valence-corrected chi connectivity index (χ4v) is 3.95. The fraction of sp³-hybridized carbons (Fsp3) is 0.947. The molecule has 1 N–H and O–H groups in total. The average molecular weight is 296 g/mol. The highest BCUT2D eigenvalue weighted by molar-refractivity contribution is 5.74. The van der Waals surface area contributed by atoms with Gasteiger partial charge in [-0.3, -0.25) is 4.79 Å². The smallest absolute Gasteiger partial charge is 0.309 e. The van der Waals surface area contributed by atoms with E-state index in [1.165, 1.54) is 57.8 Å². The fourth-order valence-electron chi connectivity index (χ4n) is 3.95. The Bertz CT molecular complexity index is 309. The molecule has 1 fully saturated rings. The van der Waals surface area contributed by atoms with Crippen LogP contribution in [0.1, 0.15) is 104 Å². The molecule has 0 saturated heterocycles. The van der Waals surface area contributed by atoms with E-state index in [0.717, 1.165) is 25.7 Å². The van der Waals surface area contributed by atoms with Crippen molar-refractivity contribution >= 4 is 5.97 Å². The zero-order valence-corrected chi connectivity index (χ0v) is 14.5. The van der Waals surface area contributed by atoms with Gasteiger partial charge in [0.1, 0.15) is 0 Å². The van der Waals surface area contributed by atoms with Gasteiger partial charge in [-0.1, -0.05) is 78.1 Å². The summed E-state index contributed by atoms with van der Waals surface area (Å²) in [7, 11) is 0. The summed E-state index contributed by atoms with van der Waals surface area (Å²) in [4.78, 5) is 11.8. The average Bonchev–Trinajstić information content (AvgIpc) is 2.38. The molecule has 1 saturated carbocycles. The molecule has 124 valence electrons. The predicted molar refractivity (Wildman–Crippen MR) is 89.5 cm³/mol. The minimum absolute atomic E-state index is 0.146. The Morgan fingerprint density at radius 1 is 0.714 bits per heavy atom. The first-order chi connectivity index (χ1) is 9.86. The molecule has 2 heteroatoms. The van der Waals surface area contributed by atoms with Crippen LogP contribution in [-0.4, -0.2) is 11.1 Å². The number of rotatable bonds is 1. The molecule has 2 nitrogen and oxygen atoms in total. The summed E-state index contributed by atoms with van der Waals surface area (Å²) in [5.74, 6) is -0.597. The van der Waals surface area contributed by atoms with Crippen LogP contribution in [0.4, 0.5) is 0 Å². The Morgan fingerprint density at radius 2 is 1.10 bits per heavy atom. The highest BCUT2D eigenvalue weighted by Gasteiger charge is 2.38. The van der Waals surface area contributed by atoms with Crippen molar-refractivity contribution in [3.8, 4) is 0 Å². The second-order valence-corrected chi connectivity index (χ2v) is 8.24. The van der Waals surface area contributed by atoms with Gasteiger partial charge < -0.3 is 5.11 Å². The van der Waals surface area contributed by atoms with Gasteiger partial charge in [-0.2, -0.15) is 0 Å². The van der Waals surface area contributed by atoms with Crippen LogP contribution >= 0.6 is 0 Å². The van der Waals surface area contributed by atoms with Gasteiger partial charge in [0.15, 0.2) is 0 Å². The summed E-state index contributed by atoms with van der Waals surface area (Å²) in [6.45, 7) is 6.48. The largest absolute Gasteiger partial charge is 0.481 e. The maximum atomic E-state index is 11.8. The number of carbonyl (C=O) groups is 1. The van der Waals surface area contributed by atoms with Crippen molar-refractivity contribution in [2.75, 3.05) is 0 Å². The van der Waals surface area contributed by atoms with Gasteiger partial charge in [-0.25, -0.2) is 0 Å². The van der Waals surface area contributed by atoms with Gasteiger partial charge in [0.25, 0.3) is 0 Å². The van der Waals surface area contributed by atoms with Crippen molar-refractivity contribution in [3.63, 3.8) is 0 Å². The summed E-state index contributed by atoms with van der Waals surface area (Å²) < 4.78 is 0. The van der Waals surface area contributed by atoms with Gasteiger partial charge in [0.2, 0.25) is 0 Å². The Morgan fingerprint density at radius 3 is 1.52 bits per heavy atom. The Balaban J connectivity index is 2.64. The first-order valence-corrected chi connectivity index (χ1v) is 9.09. The van der Waals surface area contributed by atoms with Crippen LogP contribution in [0, 0.1) is 10.8 Å². The SMILES string of the molecule is CC1(C)CCCCCCCCCCCCC(C)(C(=O)O)C1. The monoisotopic (exact) mass is 296 g/mol.